The van der Waals surface area contributed by atoms with Crippen molar-refractivity contribution in [3.05, 3.63) is 0 Å². The molecule has 0 radical (unpaired) electrons. The van der Waals surface area contributed by atoms with Crippen LogP contribution in [0.5, 0.6) is 0 Å². The van der Waals surface area contributed by atoms with Gasteiger partial charge in [-0.25, -0.2) is 13.2 Å². The molecule has 12 heavy (non-hydrogen) atoms. The van der Waals surface area contributed by atoms with Gasteiger partial charge in [0.2, 0.25) is 0 Å². The molecule has 0 aromatic heterocycles. The zero-order valence-electron chi connectivity index (χ0n) is 5.48. The monoisotopic (exact) mass is 212 g/mol. The fourth-order valence-electron chi connectivity index (χ4n) is 1.05. The molecule has 7 heteroatoms. The third-order valence-electron chi connectivity index (χ3n) is 1.75. The predicted molar refractivity (Wildman–Crippen MR) is 38.8 cm³/mol. The van der Waals surface area contributed by atoms with Crippen LogP contribution in [0.3, 0.4) is 0 Å². The summed E-state index contributed by atoms with van der Waals surface area (Å²) in [6, 6.07) is 0. The van der Waals surface area contributed by atoms with Crippen LogP contribution in [0.2, 0.25) is 0 Å². The van der Waals surface area contributed by atoms with Crippen LogP contribution < -0.4 is 0 Å². The van der Waals surface area contributed by atoms with E-state index in [2.05, 4.69) is 0 Å². The Morgan fingerprint density at radius 3 is 1.33 bits per heavy atom. The van der Waals surface area contributed by atoms with E-state index in [0.29, 0.717) is 0 Å². The number of hydrogen-bond donors (Lipinski definition) is 0. The minimum atomic E-state index is -2.62. The first kappa shape index (κ1) is 13.2. The van der Waals surface area contributed by atoms with Crippen molar-refractivity contribution in [2.24, 2.45) is 0 Å². The number of alkyl halides is 5. The minimum absolute atomic E-state index is 0. The Morgan fingerprint density at radius 1 is 0.667 bits per heavy atom. The second kappa shape index (κ2) is 5.16. The molecule has 0 spiro atoms. The molecule has 1 fully saturated rings. The van der Waals surface area contributed by atoms with Crippen LogP contribution in [0, 0.1) is 0 Å². The van der Waals surface area contributed by atoms with Crippen molar-refractivity contribution in [3.63, 3.8) is 0 Å². The summed E-state index contributed by atoms with van der Waals surface area (Å²) >= 11 is -2.09. The molecule has 1 aliphatic rings. The van der Waals surface area contributed by atoms with Gasteiger partial charge in [-0.3, -0.25) is 8.78 Å². The normalized spacial score (nSPS) is 47.6. The number of rotatable bonds is 0. The molecule has 1 saturated heterocycles. The molecule has 4 atom stereocenters. The van der Waals surface area contributed by atoms with Crippen LogP contribution in [0.15, 0.2) is 0 Å². The van der Waals surface area contributed by atoms with Gasteiger partial charge in [-0.15, -0.1) is 0 Å². The van der Waals surface area contributed by atoms with Gasteiger partial charge in [0.15, 0.2) is 18.5 Å². The molecule has 4 unspecified atom stereocenters. The summed E-state index contributed by atoms with van der Waals surface area (Å²) in [4.78, 5) is 0. The zero-order chi connectivity index (χ0) is 8.59. The Hall–Kier alpha value is 1.18. The van der Waals surface area contributed by atoms with Crippen molar-refractivity contribution in [3.8, 4) is 0 Å². The Kier molecular flexibility index (Phi) is 5.67. The van der Waals surface area contributed by atoms with E-state index in [0.717, 1.165) is 0 Å². The third kappa shape index (κ3) is 2.58. The molecule has 0 nitrogen and oxygen atoms in total. The van der Waals surface area contributed by atoms with Gasteiger partial charge >= 0.3 is 44.8 Å². The summed E-state index contributed by atoms with van der Waals surface area (Å²) in [5, 5.41) is -4.15. The van der Waals surface area contributed by atoms with Crippen molar-refractivity contribution in [1.82, 2.24) is 0 Å². The molecule has 0 amide bonds. The van der Waals surface area contributed by atoms with E-state index in [1.807, 2.05) is 0 Å². The summed E-state index contributed by atoms with van der Waals surface area (Å²) in [7, 11) is 0. The molecule has 0 aliphatic carbocycles. The van der Waals surface area contributed by atoms with Crippen LogP contribution in [-0.2, 0) is 0 Å². The summed E-state index contributed by atoms with van der Waals surface area (Å²) < 4.78 is 61.4. The van der Waals surface area contributed by atoms with Crippen molar-refractivity contribution < 1.29 is 22.0 Å². The Bertz CT molecular complexity index is 134. The van der Waals surface area contributed by atoms with Gasteiger partial charge in [0.1, 0.15) is 0 Å². The summed E-state index contributed by atoms with van der Waals surface area (Å²) in [5.41, 5.74) is 0. The SMILES string of the molecule is F[CH]1[AlH][CH](F)C(F)C(F)C1F.[NaH]. The molecule has 1 heterocycles. The Morgan fingerprint density at radius 2 is 1.00 bits per heavy atom. The van der Waals surface area contributed by atoms with Crippen molar-refractivity contribution >= 4 is 44.8 Å². The van der Waals surface area contributed by atoms with E-state index in [1.54, 1.807) is 0 Å². The number of hydrogen-bond acceptors (Lipinski definition) is 0. The average Bonchev–Trinajstić information content (AvgIpc) is 1.97. The van der Waals surface area contributed by atoms with Gasteiger partial charge < -0.3 is 0 Å². The fourth-order valence-corrected chi connectivity index (χ4v) is 2.52. The molecular formula is C5H7AlF5Na. The van der Waals surface area contributed by atoms with Crippen molar-refractivity contribution in [2.75, 3.05) is 0 Å². The van der Waals surface area contributed by atoms with Crippen LogP contribution in [-0.4, -0.2) is 73.4 Å². The average molecular weight is 212 g/mol. The second-order valence-corrected chi connectivity index (χ2v) is 4.63. The van der Waals surface area contributed by atoms with E-state index in [9.17, 15) is 22.0 Å². The quantitative estimate of drug-likeness (QED) is 0.402. The van der Waals surface area contributed by atoms with E-state index < -0.39 is 43.8 Å². The first-order chi connectivity index (χ1) is 5.04. The van der Waals surface area contributed by atoms with Crippen molar-refractivity contribution in [1.29, 1.82) is 0 Å². The van der Waals surface area contributed by atoms with Crippen molar-refractivity contribution in [2.45, 2.75) is 28.6 Å². The van der Waals surface area contributed by atoms with Crippen LogP contribution in [0.25, 0.3) is 0 Å². The number of halogens is 5. The second-order valence-electron chi connectivity index (χ2n) is 2.60. The van der Waals surface area contributed by atoms with E-state index in [1.165, 1.54) is 0 Å². The van der Waals surface area contributed by atoms with E-state index in [-0.39, 0.29) is 29.6 Å². The summed E-state index contributed by atoms with van der Waals surface area (Å²) in [6.45, 7) is 0. The molecular weight excluding hydrogens is 205 g/mol. The van der Waals surface area contributed by atoms with Gasteiger partial charge in [0.25, 0.3) is 0 Å². The van der Waals surface area contributed by atoms with Gasteiger partial charge in [-0.1, -0.05) is 0 Å². The first-order valence-electron chi connectivity index (χ1n) is 3.24. The predicted octanol–water partition coefficient (Wildman–Crippen LogP) is 0.394. The van der Waals surface area contributed by atoms with E-state index >= 15 is 0 Å². The van der Waals surface area contributed by atoms with Crippen LogP contribution in [0.1, 0.15) is 0 Å². The molecule has 0 aromatic carbocycles. The molecule has 1 rings (SSSR count). The Labute approximate surface area is 94.9 Å². The summed E-state index contributed by atoms with van der Waals surface area (Å²) in [6.07, 6.45) is -7.53. The molecule has 66 valence electrons. The molecule has 1 aliphatic heterocycles. The van der Waals surface area contributed by atoms with Gasteiger partial charge in [0, 0.05) is 0 Å². The molecule has 0 N–H and O–H groups in total. The fraction of sp³-hybridized carbons (Fsp3) is 1.00. The maximum atomic E-state index is 12.3. The zero-order valence-corrected chi connectivity index (χ0v) is 6.90. The molecule has 0 aromatic rings. The van der Waals surface area contributed by atoms with Gasteiger partial charge in [-0.2, -0.15) is 0 Å². The Balaban J connectivity index is 0.00000121. The topological polar surface area (TPSA) is 0 Å². The van der Waals surface area contributed by atoms with Gasteiger partial charge in [-0.05, 0) is 0 Å². The maximum absolute atomic E-state index is 12.3. The first-order valence-corrected chi connectivity index (χ1v) is 4.87. The molecule has 0 saturated carbocycles. The van der Waals surface area contributed by atoms with E-state index in [4.69, 9.17) is 0 Å². The van der Waals surface area contributed by atoms with Crippen LogP contribution >= 0.6 is 0 Å². The molecule has 0 bridgehead atoms. The van der Waals surface area contributed by atoms with Gasteiger partial charge in [0.05, 0.1) is 10.1 Å². The third-order valence-corrected chi connectivity index (χ3v) is 3.55. The standard InChI is InChI=1S/C5H5F5.Al.Na.2H/c6-1-3(8)5(10)4(9)2-7;;;;/h1-5H;;;;. The summed E-state index contributed by atoms with van der Waals surface area (Å²) in [5.74, 6) is 0. The van der Waals surface area contributed by atoms with Crippen LogP contribution in [0.4, 0.5) is 22.0 Å².